The number of H-pyrrole nitrogens is 1. The molecule has 1 amide bonds. The van der Waals surface area contributed by atoms with E-state index in [9.17, 15) is 14.7 Å². The molecule has 0 bridgehead atoms. The molecule has 0 spiro atoms. The summed E-state index contributed by atoms with van der Waals surface area (Å²) < 4.78 is 0. The molecule has 0 aliphatic heterocycles. The SMILES string of the molecule is CN(Cc1cccc(O)c1)C(=O)c1nc[nH]c1C(=O)O. The highest BCUT2D eigenvalue weighted by molar-refractivity contribution is 6.02. The van der Waals surface area contributed by atoms with Gasteiger partial charge in [-0.3, -0.25) is 4.79 Å². The van der Waals surface area contributed by atoms with Gasteiger partial charge in [0.2, 0.25) is 0 Å². The van der Waals surface area contributed by atoms with Gasteiger partial charge < -0.3 is 20.1 Å². The minimum atomic E-state index is -1.24. The van der Waals surface area contributed by atoms with E-state index in [1.54, 1.807) is 12.1 Å². The van der Waals surface area contributed by atoms with Crippen molar-refractivity contribution in [3.05, 3.63) is 47.5 Å². The van der Waals surface area contributed by atoms with Gasteiger partial charge in [-0.25, -0.2) is 9.78 Å². The number of aromatic carboxylic acids is 1. The number of imidazole rings is 1. The Labute approximate surface area is 114 Å². The number of hydrogen-bond acceptors (Lipinski definition) is 4. The summed E-state index contributed by atoms with van der Waals surface area (Å²) in [5, 5.41) is 18.3. The molecule has 2 rings (SSSR count). The summed E-state index contributed by atoms with van der Waals surface area (Å²) >= 11 is 0. The van der Waals surface area contributed by atoms with E-state index in [1.807, 2.05) is 0 Å². The summed E-state index contributed by atoms with van der Waals surface area (Å²) in [5.74, 6) is -1.64. The standard InChI is InChI=1S/C13H13N3O4/c1-16(6-8-3-2-4-9(17)5-8)12(18)10-11(13(19)20)15-7-14-10/h2-5,7,17H,6H2,1H3,(H,14,15)(H,19,20). The first-order valence-corrected chi connectivity index (χ1v) is 5.79. The minimum absolute atomic E-state index is 0.106. The quantitative estimate of drug-likeness (QED) is 0.774. The van der Waals surface area contributed by atoms with Gasteiger partial charge in [-0.05, 0) is 17.7 Å². The fourth-order valence-corrected chi connectivity index (χ4v) is 1.80. The number of aromatic hydroxyl groups is 1. The van der Waals surface area contributed by atoms with Crippen LogP contribution in [-0.4, -0.2) is 44.0 Å². The predicted octanol–water partition coefficient (Wildman–Crippen LogP) is 1.09. The Kier molecular flexibility index (Phi) is 3.69. The highest BCUT2D eigenvalue weighted by atomic mass is 16.4. The fourth-order valence-electron chi connectivity index (χ4n) is 1.80. The molecule has 0 atom stereocenters. The van der Waals surface area contributed by atoms with E-state index in [2.05, 4.69) is 9.97 Å². The lowest BCUT2D eigenvalue weighted by molar-refractivity contribution is 0.0674. The summed E-state index contributed by atoms with van der Waals surface area (Å²) in [6, 6.07) is 6.49. The largest absolute Gasteiger partial charge is 0.508 e. The first-order valence-electron chi connectivity index (χ1n) is 5.79. The van der Waals surface area contributed by atoms with Crippen LogP contribution in [0.1, 0.15) is 26.5 Å². The summed E-state index contributed by atoms with van der Waals surface area (Å²) in [4.78, 5) is 30.6. The topological polar surface area (TPSA) is 107 Å². The number of aromatic nitrogens is 2. The van der Waals surface area contributed by atoms with Gasteiger partial charge in [-0.15, -0.1) is 0 Å². The van der Waals surface area contributed by atoms with Gasteiger partial charge in [0.05, 0.1) is 6.33 Å². The third-order valence-corrected chi connectivity index (χ3v) is 2.73. The number of carboxylic acid groups (broad SMARTS) is 1. The second-order valence-corrected chi connectivity index (χ2v) is 4.26. The number of amides is 1. The highest BCUT2D eigenvalue weighted by Gasteiger charge is 2.22. The maximum Gasteiger partial charge on any atom is 0.354 e. The lowest BCUT2D eigenvalue weighted by atomic mass is 10.2. The Hall–Kier alpha value is -2.83. The van der Waals surface area contributed by atoms with Crippen LogP contribution in [-0.2, 0) is 6.54 Å². The monoisotopic (exact) mass is 275 g/mol. The smallest absolute Gasteiger partial charge is 0.354 e. The van der Waals surface area contributed by atoms with E-state index in [0.29, 0.717) is 0 Å². The van der Waals surface area contributed by atoms with Crippen molar-refractivity contribution >= 4 is 11.9 Å². The molecule has 1 aromatic heterocycles. The molecule has 0 saturated carbocycles. The highest BCUT2D eigenvalue weighted by Crippen LogP contribution is 2.14. The molecular formula is C13H13N3O4. The summed E-state index contributed by atoms with van der Waals surface area (Å²) in [5.41, 5.74) is 0.353. The zero-order valence-electron chi connectivity index (χ0n) is 10.7. The Balaban J connectivity index is 2.16. The molecule has 0 unspecified atom stereocenters. The van der Waals surface area contributed by atoms with Gasteiger partial charge >= 0.3 is 5.97 Å². The molecule has 0 saturated heterocycles. The zero-order chi connectivity index (χ0) is 14.7. The molecule has 0 radical (unpaired) electrons. The number of rotatable bonds is 4. The number of carbonyl (C=O) groups is 2. The minimum Gasteiger partial charge on any atom is -0.508 e. The molecule has 0 fully saturated rings. The van der Waals surface area contributed by atoms with Gasteiger partial charge in [0, 0.05) is 13.6 Å². The molecule has 2 aromatic rings. The van der Waals surface area contributed by atoms with E-state index in [1.165, 1.54) is 30.4 Å². The maximum absolute atomic E-state index is 12.1. The Morgan fingerprint density at radius 3 is 2.80 bits per heavy atom. The van der Waals surface area contributed by atoms with Crippen molar-refractivity contribution in [3.63, 3.8) is 0 Å². The Bertz CT molecular complexity index is 651. The summed E-state index contributed by atoms with van der Waals surface area (Å²) in [7, 11) is 1.53. The molecular weight excluding hydrogens is 262 g/mol. The van der Waals surface area contributed by atoms with E-state index in [0.717, 1.165) is 5.56 Å². The Morgan fingerprint density at radius 2 is 2.15 bits per heavy atom. The lowest BCUT2D eigenvalue weighted by Gasteiger charge is -2.16. The fraction of sp³-hybridized carbons (Fsp3) is 0.154. The van der Waals surface area contributed by atoms with Crippen molar-refractivity contribution in [2.24, 2.45) is 0 Å². The van der Waals surface area contributed by atoms with Crippen LogP contribution in [0.25, 0.3) is 0 Å². The third-order valence-electron chi connectivity index (χ3n) is 2.73. The molecule has 1 heterocycles. The van der Waals surface area contributed by atoms with E-state index in [4.69, 9.17) is 5.11 Å². The number of phenols is 1. The third kappa shape index (κ3) is 2.77. The number of nitrogens with zero attached hydrogens (tertiary/aromatic N) is 2. The van der Waals surface area contributed by atoms with Crippen molar-refractivity contribution in [1.82, 2.24) is 14.9 Å². The van der Waals surface area contributed by atoms with Crippen LogP contribution < -0.4 is 0 Å². The van der Waals surface area contributed by atoms with Crippen molar-refractivity contribution in [2.45, 2.75) is 6.54 Å². The number of benzene rings is 1. The van der Waals surface area contributed by atoms with Crippen molar-refractivity contribution < 1.29 is 19.8 Å². The van der Waals surface area contributed by atoms with Gasteiger partial charge in [0.25, 0.3) is 5.91 Å². The molecule has 3 N–H and O–H groups in total. The van der Waals surface area contributed by atoms with Crippen LogP contribution in [0.3, 0.4) is 0 Å². The van der Waals surface area contributed by atoms with Crippen LogP contribution in [0.5, 0.6) is 5.75 Å². The predicted molar refractivity (Wildman–Crippen MR) is 69.5 cm³/mol. The number of aromatic amines is 1. The summed E-state index contributed by atoms with van der Waals surface area (Å²) in [6.45, 7) is 0.235. The van der Waals surface area contributed by atoms with Gasteiger partial charge in [-0.2, -0.15) is 0 Å². The van der Waals surface area contributed by atoms with Crippen LogP contribution in [0, 0.1) is 0 Å². The van der Waals surface area contributed by atoms with Crippen LogP contribution in [0.4, 0.5) is 0 Å². The molecule has 7 heteroatoms. The van der Waals surface area contributed by atoms with Crippen LogP contribution >= 0.6 is 0 Å². The first kappa shape index (κ1) is 13.6. The number of carboxylic acids is 1. The van der Waals surface area contributed by atoms with Crippen molar-refractivity contribution in [3.8, 4) is 5.75 Å². The van der Waals surface area contributed by atoms with Gasteiger partial charge in [0.1, 0.15) is 5.75 Å². The number of hydrogen-bond donors (Lipinski definition) is 3. The number of phenolic OH excluding ortho intramolecular Hbond substituents is 1. The average molecular weight is 275 g/mol. The van der Waals surface area contributed by atoms with Crippen molar-refractivity contribution in [1.29, 1.82) is 0 Å². The second kappa shape index (κ2) is 5.43. The van der Waals surface area contributed by atoms with E-state index < -0.39 is 11.9 Å². The first-order chi connectivity index (χ1) is 9.49. The maximum atomic E-state index is 12.1. The molecule has 20 heavy (non-hydrogen) atoms. The molecule has 1 aromatic carbocycles. The van der Waals surface area contributed by atoms with Gasteiger partial charge in [-0.1, -0.05) is 12.1 Å². The van der Waals surface area contributed by atoms with Crippen LogP contribution in [0.2, 0.25) is 0 Å². The normalized spacial score (nSPS) is 10.2. The lowest BCUT2D eigenvalue weighted by Crippen LogP contribution is -2.28. The van der Waals surface area contributed by atoms with Crippen molar-refractivity contribution in [2.75, 3.05) is 7.05 Å². The summed E-state index contributed by atoms with van der Waals surface area (Å²) in [6.07, 6.45) is 1.17. The molecule has 0 aliphatic rings. The molecule has 0 aliphatic carbocycles. The zero-order valence-corrected chi connectivity index (χ0v) is 10.7. The number of carbonyl (C=O) groups excluding carboxylic acids is 1. The number of nitrogens with one attached hydrogen (secondary N) is 1. The van der Waals surface area contributed by atoms with E-state index >= 15 is 0 Å². The molecule has 104 valence electrons. The molecule has 7 nitrogen and oxygen atoms in total. The second-order valence-electron chi connectivity index (χ2n) is 4.26. The average Bonchev–Trinajstić information content (AvgIpc) is 2.87. The Morgan fingerprint density at radius 1 is 1.40 bits per heavy atom. The van der Waals surface area contributed by atoms with E-state index in [-0.39, 0.29) is 23.7 Å². The van der Waals surface area contributed by atoms with Gasteiger partial charge in [0.15, 0.2) is 11.4 Å². The van der Waals surface area contributed by atoms with Crippen LogP contribution in [0.15, 0.2) is 30.6 Å².